The van der Waals surface area contributed by atoms with E-state index >= 15 is 0 Å². The average molecular weight is 276 g/mol. The van der Waals surface area contributed by atoms with Crippen LogP contribution in [0.2, 0.25) is 0 Å². The first kappa shape index (κ1) is 22.0. The molecule has 0 rings (SSSR count). The van der Waals surface area contributed by atoms with Crippen LogP contribution >= 0.6 is 0 Å². The quantitative estimate of drug-likeness (QED) is 0.265. The third-order valence-corrected chi connectivity index (χ3v) is 2.30. The van der Waals surface area contributed by atoms with Crippen LogP contribution in [0.3, 0.4) is 0 Å². The van der Waals surface area contributed by atoms with Crippen LogP contribution in [0.4, 0.5) is 0 Å². The van der Waals surface area contributed by atoms with Gasteiger partial charge >= 0.3 is 71.1 Å². The molecule has 0 spiro atoms. The number of nitrogens with two attached hydrogens (primary N) is 2. The molecule has 0 saturated heterocycles. The third kappa shape index (κ3) is 7.95. The molecule has 16 heavy (non-hydrogen) atoms. The van der Waals surface area contributed by atoms with Crippen molar-refractivity contribution < 1.29 is 32.2 Å². The summed E-state index contributed by atoms with van der Waals surface area (Å²) >= 11 is 0. The Labute approximate surface area is 135 Å². The second kappa shape index (κ2) is 9.76. The first-order valence-electron chi connectivity index (χ1n) is 3.09. The Hall–Kier alpha value is 0.770. The normalized spacial score (nSPS) is 11.4. The molecule has 86 valence electrons. The summed E-state index contributed by atoms with van der Waals surface area (Å²) in [6.45, 7) is 0. The Morgan fingerprint density at radius 3 is 1.88 bits per heavy atom. The molecule has 0 aliphatic carbocycles. The number of carbonyl (C=O) groups is 2. The van der Waals surface area contributed by atoms with Gasteiger partial charge in [-0.3, -0.25) is 9.35 Å². The van der Waals surface area contributed by atoms with Gasteiger partial charge in [0.15, 0.2) is 5.25 Å². The first-order valence-corrected chi connectivity index (χ1v) is 4.59. The van der Waals surface area contributed by atoms with Crippen LogP contribution in [-0.2, 0) is 29.4 Å². The van der Waals surface area contributed by atoms with Crippen molar-refractivity contribution in [3.8, 4) is 0 Å². The van der Waals surface area contributed by atoms with Crippen molar-refractivity contribution in [2.75, 3.05) is 0 Å². The van der Waals surface area contributed by atoms with Crippen molar-refractivity contribution in [1.82, 2.24) is 0 Å². The first-order chi connectivity index (χ1) is 6.32. The Bertz CT molecular complexity index is 331. The molecule has 0 bridgehead atoms. The molecule has 0 radical (unpaired) electrons. The molecule has 1 unspecified atom stereocenters. The second-order valence-electron chi connectivity index (χ2n) is 2.13. The van der Waals surface area contributed by atoms with Crippen LogP contribution in [0, 0.1) is 0 Å². The van der Waals surface area contributed by atoms with Crippen LogP contribution < -0.4 is 11.8 Å². The van der Waals surface area contributed by atoms with Crippen molar-refractivity contribution >= 4 is 81.2 Å². The maximum atomic E-state index is 10.7. The molecule has 0 saturated carbocycles. The number of rotatable bonds is 4. The fraction of sp³-hybridized carbons (Fsp3) is 0.500. The Morgan fingerprint density at radius 2 is 1.62 bits per heavy atom. The van der Waals surface area contributed by atoms with Crippen molar-refractivity contribution in [2.24, 2.45) is 11.8 Å². The van der Waals surface area contributed by atoms with Crippen LogP contribution in [0.15, 0.2) is 0 Å². The van der Waals surface area contributed by atoms with Gasteiger partial charge in [0.2, 0.25) is 0 Å². The number of hydrogen-bond acceptors (Lipinski definition) is 8. The fourth-order valence-corrected chi connectivity index (χ4v) is 1.23. The second-order valence-corrected chi connectivity index (χ2v) is 3.73. The van der Waals surface area contributed by atoms with E-state index in [1.807, 2.05) is 0 Å². The molecular weight excluding hydrogens is 266 g/mol. The molecule has 12 heteroatoms. The zero-order chi connectivity index (χ0) is 11.4. The van der Waals surface area contributed by atoms with Gasteiger partial charge in [-0.15, -0.1) is 0 Å². The van der Waals surface area contributed by atoms with Gasteiger partial charge in [0, 0.05) is 0 Å². The topological polar surface area (TPSA) is 159 Å². The maximum absolute atomic E-state index is 10.7. The Kier molecular flexibility index (Phi) is 13.4. The van der Waals surface area contributed by atoms with Crippen LogP contribution in [-0.4, -0.2) is 89.3 Å². The van der Waals surface area contributed by atoms with Gasteiger partial charge < -0.3 is 9.68 Å². The minimum absolute atomic E-state index is 0. The van der Waals surface area contributed by atoms with Gasteiger partial charge in [-0.1, -0.05) is 0 Å². The van der Waals surface area contributed by atoms with E-state index in [-0.39, 0.29) is 59.1 Å². The molecule has 0 amide bonds. The molecule has 0 aliphatic heterocycles. The van der Waals surface area contributed by atoms with Crippen LogP contribution in [0.5, 0.6) is 0 Å². The van der Waals surface area contributed by atoms with E-state index in [4.69, 9.17) is 4.55 Å². The molecule has 0 fully saturated rings. The van der Waals surface area contributed by atoms with Gasteiger partial charge in [-0.2, -0.15) is 20.2 Å². The van der Waals surface area contributed by atoms with Gasteiger partial charge in [0.25, 0.3) is 10.1 Å². The van der Waals surface area contributed by atoms with E-state index in [1.165, 1.54) is 0 Å². The number of carbonyl (C=O) groups excluding carboxylic acids is 2. The van der Waals surface area contributed by atoms with E-state index in [1.54, 1.807) is 0 Å². The SMILES string of the molecule is NOC(=O)CC(C(=O)ON)S(=O)(=O)O.[NaH].[NaH]. The molecule has 9 nitrogen and oxygen atoms in total. The fourth-order valence-electron chi connectivity index (χ4n) is 0.586. The minimum atomic E-state index is -4.79. The summed E-state index contributed by atoms with van der Waals surface area (Å²) in [6.07, 6.45) is -0.981. The van der Waals surface area contributed by atoms with Gasteiger partial charge in [-0.05, 0) is 0 Å². The molecule has 0 aromatic rings. The predicted molar refractivity (Wildman–Crippen MR) is 54.8 cm³/mol. The molecule has 1 atom stereocenters. The average Bonchev–Trinajstić information content (AvgIpc) is 2.10. The van der Waals surface area contributed by atoms with Crippen LogP contribution in [0.25, 0.3) is 0 Å². The van der Waals surface area contributed by atoms with Crippen molar-refractivity contribution in [3.05, 3.63) is 0 Å². The molecule has 0 aromatic carbocycles. The summed E-state index contributed by atoms with van der Waals surface area (Å²) < 4.78 is 29.6. The molecular formula is C4H10N2Na2O7S. The van der Waals surface area contributed by atoms with Gasteiger partial charge in [0.05, 0.1) is 6.42 Å². The zero-order valence-corrected chi connectivity index (χ0v) is 7.56. The Balaban J connectivity index is -0.000000845. The summed E-state index contributed by atoms with van der Waals surface area (Å²) in [5, 5.41) is -2.14. The van der Waals surface area contributed by atoms with E-state index in [0.29, 0.717) is 0 Å². The summed E-state index contributed by atoms with van der Waals surface area (Å²) in [7, 11) is -4.79. The molecule has 0 heterocycles. The third-order valence-electron chi connectivity index (χ3n) is 1.22. The van der Waals surface area contributed by atoms with E-state index < -0.39 is 33.7 Å². The Morgan fingerprint density at radius 1 is 1.19 bits per heavy atom. The van der Waals surface area contributed by atoms with E-state index in [9.17, 15) is 18.0 Å². The standard InChI is InChI=1S/C4H8N2O7S.2Na.2H/c5-12-3(7)1-2(4(8)13-6)14(9,10)11;;;;/h2H,1,5-6H2,(H,9,10,11);;;;. The monoisotopic (exact) mass is 276 g/mol. The molecule has 5 N–H and O–H groups in total. The van der Waals surface area contributed by atoms with E-state index in [0.717, 1.165) is 0 Å². The zero-order valence-electron chi connectivity index (χ0n) is 6.74. The summed E-state index contributed by atoms with van der Waals surface area (Å²) in [6, 6.07) is 0. The summed E-state index contributed by atoms with van der Waals surface area (Å²) in [4.78, 5) is 28.4. The van der Waals surface area contributed by atoms with Crippen molar-refractivity contribution in [3.63, 3.8) is 0 Å². The van der Waals surface area contributed by atoms with Gasteiger partial charge in [-0.25, -0.2) is 4.79 Å². The number of hydrogen-bond donors (Lipinski definition) is 3. The summed E-state index contributed by atoms with van der Waals surface area (Å²) in [5.41, 5.74) is 0. The summed E-state index contributed by atoms with van der Waals surface area (Å²) in [5.74, 6) is 6.08. The van der Waals surface area contributed by atoms with Crippen LogP contribution in [0.1, 0.15) is 6.42 Å². The molecule has 0 aromatic heterocycles. The van der Waals surface area contributed by atoms with Crippen molar-refractivity contribution in [2.45, 2.75) is 11.7 Å². The van der Waals surface area contributed by atoms with E-state index in [2.05, 4.69) is 21.5 Å². The van der Waals surface area contributed by atoms with Gasteiger partial charge in [0.1, 0.15) is 0 Å². The predicted octanol–water partition coefficient (Wildman–Crippen LogP) is -3.83. The molecule has 0 aliphatic rings. The van der Waals surface area contributed by atoms with Crippen molar-refractivity contribution in [1.29, 1.82) is 0 Å².